The molecule has 1 aromatic heterocycles. The molecule has 33 heavy (non-hydrogen) atoms. The Morgan fingerprint density at radius 2 is 2.00 bits per heavy atom. The third-order valence-corrected chi connectivity index (χ3v) is 8.27. The number of rotatable bonds is 7. The van der Waals surface area contributed by atoms with E-state index in [0.717, 1.165) is 62.5 Å². The minimum atomic E-state index is -0.0967. The molecule has 8 heteroatoms. The Labute approximate surface area is 200 Å². The van der Waals surface area contributed by atoms with Crippen LogP contribution in [0.3, 0.4) is 0 Å². The van der Waals surface area contributed by atoms with Gasteiger partial charge in [0, 0.05) is 57.2 Å². The Bertz CT molecular complexity index is 915. The molecule has 4 unspecified atom stereocenters. The molecule has 5 heterocycles. The number of carbonyl (C=O) groups is 1. The van der Waals surface area contributed by atoms with Gasteiger partial charge in [-0.25, -0.2) is 4.79 Å². The minimum absolute atomic E-state index is 0.0967. The van der Waals surface area contributed by atoms with E-state index in [2.05, 4.69) is 37.5 Å². The molecular weight excluding hydrogens is 434 g/mol. The maximum absolute atomic E-state index is 12.2. The number of hydrogen-bond donors (Lipinski definition) is 2. The summed E-state index contributed by atoms with van der Waals surface area (Å²) in [4.78, 5) is 19.9. The average Bonchev–Trinajstić information content (AvgIpc) is 3.37. The van der Waals surface area contributed by atoms with E-state index in [1.807, 2.05) is 29.0 Å². The van der Waals surface area contributed by atoms with Crippen molar-refractivity contribution in [3.63, 3.8) is 0 Å². The van der Waals surface area contributed by atoms with Crippen molar-refractivity contribution in [2.75, 3.05) is 69.7 Å². The highest BCUT2D eigenvalue weighted by Gasteiger charge is 2.40. The van der Waals surface area contributed by atoms with Gasteiger partial charge in [-0.3, -0.25) is 9.80 Å². The summed E-state index contributed by atoms with van der Waals surface area (Å²) in [7, 11) is 1.75. The lowest BCUT2D eigenvalue weighted by molar-refractivity contribution is -0.0114. The number of hydrogen-bond acceptors (Lipinski definition) is 6. The van der Waals surface area contributed by atoms with Gasteiger partial charge in [0.2, 0.25) is 0 Å². The van der Waals surface area contributed by atoms with Crippen LogP contribution in [0.2, 0.25) is 0 Å². The zero-order valence-electron chi connectivity index (χ0n) is 19.4. The first-order valence-electron chi connectivity index (χ1n) is 12.1. The second-order valence-corrected chi connectivity index (χ2v) is 10.3. The molecule has 4 aliphatic heterocycles. The lowest BCUT2D eigenvalue weighted by Crippen LogP contribution is -2.59. The molecule has 178 valence electrons. The zero-order chi connectivity index (χ0) is 22.6. The van der Waals surface area contributed by atoms with Gasteiger partial charge in [0.1, 0.15) is 5.75 Å². The van der Waals surface area contributed by atoms with Crippen molar-refractivity contribution in [3.05, 3.63) is 41.1 Å². The van der Waals surface area contributed by atoms with Crippen LogP contribution in [0.15, 0.2) is 41.1 Å². The van der Waals surface area contributed by atoms with E-state index in [-0.39, 0.29) is 6.03 Å². The minimum Gasteiger partial charge on any atom is -0.495 e. The van der Waals surface area contributed by atoms with E-state index in [9.17, 15) is 4.79 Å². The van der Waals surface area contributed by atoms with Crippen molar-refractivity contribution in [3.8, 4) is 5.75 Å². The predicted molar refractivity (Wildman–Crippen MR) is 135 cm³/mol. The maximum atomic E-state index is 12.2. The maximum Gasteiger partial charge on any atom is 0.319 e. The number of benzene rings is 1. The van der Waals surface area contributed by atoms with Crippen molar-refractivity contribution in [1.29, 1.82) is 0 Å². The lowest BCUT2D eigenvalue weighted by atomic mass is 9.75. The Kier molecular flexibility index (Phi) is 7.04. The number of urea groups is 1. The van der Waals surface area contributed by atoms with Crippen LogP contribution in [0, 0.1) is 11.8 Å². The van der Waals surface area contributed by atoms with Crippen molar-refractivity contribution in [2.24, 2.45) is 11.8 Å². The van der Waals surface area contributed by atoms with Gasteiger partial charge < -0.3 is 20.3 Å². The summed E-state index contributed by atoms with van der Waals surface area (Å²) in [5, 5.41) is 9.93. The van der Waals surface area contributed by atoms with Crippen LogP contribution in [-0.4, -0.2) is 81.3 Å². The number of methoxy groups -OCH3 is 1. The first-order chi connectivity index (χ1) is 16.2. The highest BCUT2D eigenvalue weighted by atomic mass is 32.1. The highest BCUT2D eigenvalue weighted by Crippen LogP contribution is 2.37. The molecule has 4 atom stereocenters. The van der Waals surface area contributed by atoms with Crippen LogP contribution in [0.4, 0.5) is 16.2 Å². The molecular formula is C25H35N5O2S. The van der Waals surface area contributed by atoms with Crippen LogP contribution >= 0.6 is 11.3 Å². The Morgan fingerprint density at radius 3 is 2.73 bits per heavy atom. The van der Waals surface area contributed by atoms with Crippen LogP contribution in [0.5, 0.6) is 5.75 Å². The molecule has 0 spiro atoms. The molecule has 6 rings (SSSR count). The van der Waals surface area contributed by atoms with E-state index < -0.39 is 0 Å². The van der Waals surface area contributed by atoms with Gasteiger partial charge in [-0.15, -0.1) is 0 Å². The molecule has 2 aromatic rings. The fourth-order valence-corrected chi connectivity index (χ4v) is 6.37. The Hall–Kier alpha value is -2.29. The van der Waals surface area contributed by atoms with E-state index in [4.69, 9.17) is 4.74 Å². The summed E-state index contributed by atoms with van der Waals surface area (Å²) >= 11 is 1.59. The fourth-order valence-electron chi connectivity index (χ4n) is 5.78. The summed E-state index contributed by atoms with van der Waals surface area (Å²) in [6, 6.07) is 10.6. The molecule has 4 aliphatic rings. The van der Waals surface area contributed by atoms with E-state index >= 15 is 0 Å². The van der Waals surface area contributed by atoms with Crippen molar-refractivity contribution < 1.29 is 9.53 Å². The number of ether oxygens (including phenoxy) is 1. The number of anilines is 2. The van der Waals surface area contributed by atoms with Crippen molar-refractivity contribution >= 4 is 28.7 Å². The largest absolute Gasteiger partial charge is 0.495 e. The number of nitrogens with zero attached hydrogens (tertiary/aromatic N) is 3. The standard InChI is InChI=1S/C25H35N5O2S/c1-32-24-5-3-2-4-23(24)29-11-9-28(10-12-29)16-20-17-30-8-6-19(20)14-22(30)15-26-25(31)27-21-7-13-33-18-21/h2-5,7,13,18-20,22H,6,8-12,14-17H2,1H3,(H2,26,27,31). The molecule has 2 N–H and O–H groups in total. The lowest BCUT2D eigenvalue weighted by Gasteiger charge is -2.51. The number of para-hydroxylation sites is 2. The molecule has 4 saturated heterocycles. The topological polar surface area (TPSA) is 60.1 Å². The number of piperazine rings is 1. The molecule has 4 fully saturated rings. The number of piperidine rings is 3. The van der Waals surface area contributed by atoms with Crippen LogP contribution in [0.25, 0.3) is 0 Å². The van der Waals surface area contributed by atoms with Crippen molar-refractivity contribution in [2.45, 2.75) is 18.9 Å². The number of amides is 2. The van der Waals surface area contributed by atoms with Gasteiger partial charge in [-0.2, -0.15) is 11.3 Å². The first kappa shape index (κ1) is 22.5. The molecule has 7 nitrogen and oxygen atoms in total. The molecule has 0 aliphatic carbocycles. The first-order valence-corrected chi connectivity index (χ1v) is 13.1. The predicted octanol–water partition coefficient (Wildman–Crippen LogP) is 3.41. The Balaban J connectivity index is 1.07. The molecule has 0 radical (unpaired) electrons. The second-order valence-electron chi connectivity index (χ2n) is 9.50. The average molecular weight is 470 g/mol. The number of nitrogens with one attached hydrogen (secondary N) is 2. The van der Waals surface area contributed by atoms with Gasteiger partial charge in [-0.1, -0.05) is 12.1 Å². The van der Waals surface area contributed by atoms with Crippen LogP contribution < -0.4 is 20.3 Å². The van der Waals surface area contributed by atoms with Crippen molar-refractivity contribution in [1.82, 2.24) is 15.1 Å². The van der Waals surface area contributed by atoms with Crippen LogP contribution in [0.1, 0.15) is 12.8 Å². The molecule has 0 saturated carbocycles. The van der Waals surface area contributed by atoms with Gasteiger partial charge in [0.05, 0.1) is 18.5 Å². The van der Waals surface area contributed by atoms with Gasteiger partial charge in [0.15, 0.2) is 0 Å². The summed E-state index contributed by atoms with van der Waals surface area (Å²) in [6.45, 7) is 8.57. The SMILES string of the molecule is COc1ccccc1N1CCN(CC2CN3CCC2CC3CNC(=O)Nc2ccsc2)CC1. The fraction of sp³-hybridized carbons (Fsp3) is 0.560. The highest BCUT2D eigenvalue weighted by molar-refractivity contribution is 7.08. The Morgan fingerprint density at radius 1 is 1.15 bits per heavy atom. The number of carbonyl (C=O) groups excluding carboxylic acids is 1. The number of fused-ring (bicyclic) bond motifs is 3. The third kappa shape index (κ3) is 5.28. The van der Waals surface area contributed by atoms with E-state index in [0.29, 0.717) is 6.04 Å². The molecule has 2 bridgehead atoms. The summed E-state index contributed by atoms with van der Waals surface area (Å²) in [6.07, 6.45) is 2.49. The van der Waals surface area contributed by atoms with E-state index in [1.165, 1.54) is 31.6 Å². The summed E-state index contributed by atoms with van der Waals surface area (Å²) in [5.74, 6) is 2.48. The zero-order valence-corrected chi connectivity index (χ0v) is 20.2. The van der Waals surface area contributed by atoms with Gasteiger partial charge >= 0.3 is 6.03 Å². The summed E-state index contributed by atoms with van der Waals surface area (Å²) < 4.78 is 5.56. The monoisotopic (exact) mass is 469 g/mol. The smallest absolute Gasteiger partial charge is 0.319 e. The van der Waals surface area contributed by atoms with Gasteiger partial charge in [0.25, 0.3) is 0 Å². The van der Waals surface area contributed by atoms with Gasteiger partial charge in [-0.05, 0) is 54.8 Å². The van der Waals surface area contributed by atoms with Crippen LogP contribution in [-0.2, 0) is 0 Å². The summed E-state index contributed by atoms with van der Waals surface area (Å²) in [5.41, 5.74) is 2.08. The normalized spacial score (nSPS) is 27.4. The molecule has 1 aromatic carbocycles. The molecule has 2 amide bonds. The number of thiophene rings is 1. The third-order valence-electron chi connectivity index (χ3n) is 7.58. The quantitative estimate of drug-likeness (QED) is 0.651. The second kappa shape index (κ2) is 10.3. The van der Waals surface area contributed by atoms with E-state index in [1.54, 1.807) is 18.4 Å².